The predicted molar refractivity (Wildman–Crippen MR) is 150 cm³/mol. The number of thioether (sulfide) groups is 1. The third-order valence-corrected chi connectivity index (χ3v) is 8.54. The van der Waals surface area contributed by atoms with E-state index in [1.165, 1.54) is 4.90 Å². The Kier molecular flexibility index (Phi) is 10.1. The van der Waals surface area contributed by atoms with Gasteiger partial charge in [-0.3, -0.25) is 9.78 Å². The first-order chi connectivity index (χ1) is 17.9. The van der Waals surface area contributed by atoms with Gasteiger partial charge < -0.3 is 19.8 Å². The molecule has 8 heteroatoms. The number of ether oxygens (including phenoxy) is 1. The fourth-order valence-electron chi connectivity index (χ4n) is 5.32. The van der Waals surface area contributed by atoms with E-state index in [2.05, 4.69) is 16.0 Å². The van der Waals surface area contributed by atoms with E-state index in [-0.39, 0.29) is 6.42 Å². The lowest BCUT2D eigenvalue weighted by molar-refractivity contribution is -0.137. The van der Waals surface area contributed by atoms with Crippen LogP contribution in [0.2, 0.25) is 5.02 Å². The Bertz CT molecular complexity index is 1190. The molecule has 4 rings (SSSR count). The van der Waals surface area contributed by atoms with Crippen molar-refractivity contribution in [2.45, 2.75) is 43.1 Å². The highest BCUT2D eigenvalue weighted by Gasteiger charge is 2.30. The number of benzene rings is 2. The van der Waals surface area contributed by atoms with Crippen LogP contribution in [0.4, 0.5) is 0 Å². The van der Waals surface area contributed by atoms with Crippen molar-refractivity contribution in [1.29, 1.82) is 0 Å². The van der Waals surface area contributed by atoms with Gasteiger partial charge >= 0.3 is 5.97 Å². The molecule has 6 nitrogen and oxygen atoms in total. The maximum Gasteiger partial charge on any atom is 0.303 e. The maximum atomic E-state index is 11.3. The molecule has 37 heavy (non-hydrogen) atoms. The van der Waals surface area contributed by atoms with Crippen LogP contribution in [-0.4, -0.2) is 58.6 Å². The average molecular weight is 543 g/mol. The number of rotatable bonds is 12. The molecule has 2 heterocycles. The number of aliphatic hydroxyl groups is 1. The Morgan fingerprint density at radius 2 is 2.08 bits per heavy atom. The van der Waals surface area contributed by atoms with Gasteiger partial charge in [-0.25, -0.2) is 0 Å². The van der Waals surface area contributed by atoms with Crippen LogP contribution in [0.1, 0.15) is 43.8 Å². The van der Waals surface area contributed by atoms with E-state index in [1.54, 1.807) is 25.1 Å². The summed E-state index contributed by atoms with van der Waals surface area (Å²) in [5.74, 6) is 1.66. The molecular weight excluding hydrogens is 508 g/mol. The van der Waals surface area contributed by atoms with Crippen LogP contribution in [0.25, 0.3) is 10.9 Å². The third kappa shape index (κ3) is 7.84. The minimum absolute atomic E-state index is 0.184. The lowest BCUT2D eigenvalue weighted by Gasteiger charge is -2.39. The second kappa shape index (κ2) is 13.5. The summed E-state index contributed by atoms with van der Waals surface area (Å²) in [5.41, 5.74) is 1.70. The number of hydrogen-bond donors (Lipinski definition) is 2. The van der Waals surface area contributed by atoms with E-state index in [1.807, 2.05) is 42.5 Å². The summed E-state index contributed by atoms with van der Waals surface area (Å²) in [5, 5.41) is 22.1. The highest BCUT2D eigenvalue weighted by atomic mass is 35.5. The fraction of sp³-hybridized carbons (Fsp3) is 0.448. The number of methoxy groups -OCH3 is 1. The average Bonchev–Trinajstić information content (AvgIpc) is 2.90. The van der Waals surface area contributed by atoms with E-state index < -0.39 is 12.1 Å². The molecule has 0 saturated carbocycles. The summed E-state index contributed by atoms with van der Waals surface area (Å²) in [4.78, 5) is 19.4. The zero-order valence-corrected chi connectivity index (χ0v) is 22.8. The van der Waals surface area contributed by atoms with E-state index in [0.29, 0.717) is 24.7 Å². The smallest absolute Gasteiger partial charge is 0.303 e. The number of aliphatic hydroxyl groups excluding tert-OH is 1. The van der Waals surface area contributed by atoms with Crippen LogP contribution in [0.15, 0.2) is 59.6 Å². The van der Waals surface area contributed by atoms with Crippen LogP contribution in [-0.2, 0) is 4.79 Å². The molecule has 1 aliphatic heterocycles. The van der Waals surface area contributed by atoms with Crippen molar-refractivity contribution >= 4 is 40.2 Å². The first-order valence-corrected chi connectivity index (χ1v) is 14.2. The first-order valence-electron chi connectivity index (χ1n) is 12.9. The number of carboxylic acid groups (broad SMARTS) is 1. The van der Waals surface area contributed by atoms with Crippen LogP contribution in [0.5, 0.6) is 5.75 Å². The molecule has 3 atom stereocenters. The van der Waals surface area contributed by atoms with Gasteiger partial charge in [0.05, 0.1) is 18.7 Å². The number of likely N-dealkylation sites (tertiary alicyclic amines) is 1. The fourth-order valence-corrected chi connectivity index (χ4v) is 6.54. The number of aromatic nitrogens is 1. The van der Waals surface area contributed by atoms with Gasteiger partial charge in [0.15, 0.2) is 0 Å². The van der Waals surface area contributed by atoms with Gasteiger partial charge in [0.1, 0.15) is 5.75 Å². The molecule has 2 N–H and O–H groups in total. The molecule has 0 spiro atoms. The summed E-state index contributed by atoms with van der Waals surface area (Å²) < 4.78 is 5.37. The van der Waals surface area contributed by atoms with Crippen molar-refractivity contribution in [3.05, 3.63) is 65.3 Å². The molecule has 0 bridgehead atoms. The van der Waals surface area contributed by atoms with Crippen molar-refractivity contribution in [2.24, 2.45) is 11.8 Å². The molecule has 1 fully saturated rings. The Morgan fingerprint density at radius 1 is 1.22 bits per heavy atom. The van der Waals surface area contributed by atoms with E-state index >= 15 is 0 Å². The number of carbonyl (C=O) groups is 1. The minimum atomic E-state index is -0.746. The van der Waals surface area contributed by atoms with Crippen molar-refractivity contribution in [2.75, 3.05) is 32.5 Å². The Morgan fingerprint density at radius 3 is 2.86 bits per heavy atom. The van der Waals surface area contributed by atoms with Crippen LogP contribution in [0.3, 0.4) is 0 Å². The van der Waals surface area contributed by atoms with Gasteiger partial charge in [0.2, 0.25) is 0 Å². The molecule has 0 unspecified atom stereocenters. The summed E-state index contributed by atoms with van der Waals surface area (Å²) in [6.07, 6.45) is 4.50. The van der Waals surface area contributed by atoms with Crippen LogP contribution >= 0.6 is 23.4 Å². The zero-order chi connectivity index (χ0) is 26.2. The van der Waals surface area contributed by atoms with Crippen molar-refractivity contribution in [1.82, 2.24) is 9.88 Å². The van der Waals surface area contributed by atoms with Crippen LogP contribution in [0, 0.1) is 11.8 Å². The molecule has 1 aliphatic rings. The van der Waals surface area contributed by atoms with E-state index in [4.69, 9.17) is 16.3 Å². The molecule has 1 saturated heterocycles. The SMILES string of the molecule is COc1ccc2nccc([C@H](O)CC[C@@H]3CCN(CCSc4cccc(Cl)c4)C[C@H]3CCC(=O)O)c2c1. The lowest BCUT2D eigenvalue weighted by Crippen LogP contribution is -2.41. The Labute approximate surface area is 228 Å². The predicted octanol–water partition coefficient (Wildman–Crippen LogP) is 6.31. The Hall–Kier alpha value is -2.32. The minimum Gasteiger partial charge on any atom is -0.497 e. The largest absolute Gasteiger partial charge is 0.497 e. The third-order valence-electron chi connectivity index (χ3n) is 7.33. The van der Waals surface area contributed by atoms with E-state index in [9.17, 15) is 15.0 Å². The number of pyridine rings is 1. The molecule has 0 aliphatic carbocycles. The number of fused-ring (bicyclic) bond motifs is 1. The quantitative estimate of drug-likeness (QED) is 0.260. The lowest BCUT2D eigenvalue weighted by atomic mass is 9.79. The van der Waals surface area contributed by atoms with Crippen LogP contribution < -0.4 is 4.74 Å². The zero-order valence-electron chi connectivity index (χ0n) is 21.2. The van der Waals surface area contributed by atoms with Gasteiger partial charge in [-0.1, -0.05) is 17.7 Å². The number of nitrogens with zero attached hydrogens (tertiary/aromatic N) is 2. The number of hydrogen-bond acceptors (Lipinski definition) is 6. The maximum absolute atomic E-state index is 11.3. The van der Waals surface area contributed by atoms with Crippen molar-refractivity contribution in [3.8, 4) is 5.75 Å². The second-order valence-corrected chi connectivity index (χ2v) is 11.3. The van der Waals surface area contributed by atoms with Gasteiger partial charge in [-0.05, 0) is 92.1 Å². The number of halogens is 1. The molecule has 0 amide bonds. The van der Waals surface area contributed by atoms with Gasteiger partial charge in [-0.15, -0.1) is 11.8 Å². The van der Waals surface area contributed by atoms with Crippen molar-refractivity contribution < 1.29 is 19.7 Å². The monoisotopic (exact) mass is 542 g/mol. The molecule has 2 aromatic carbocycles. The molecular formula is C29H35ClN2O4S. The summed E-state index contributed by atoms with van der Waals surface area (Å²) in [6.45, 7) is 2.86. The number of piperidine rings is 1. The summed E-state index contributed by atoms with van der Waals surface area (Å²) in [7, 11) is 1.63. The summed E-state index contributed by atoms with van der Waals surface area (Å²) >= 11 is 7.90. The topological polar surface area (TPSA) is 82.9 Å². The normalized spacial score (nSPS) is 19.1. The molecule has 0 radical (unpaired) electrons. The summed E-state index contributed by atoms with van der Waals surface area (Å²) in [6, 6.07) is 15.5. The Balaban J connectivity index is 1.35. The number of carboxylic acids is 1. The molecule has 1 aromatic heterocycles. The highest BCUT2D eigenvalue weighted by Crippen LogP contribution is 2.35. The van der Waals surface area contributed by atoms with Gasteiger partial charge in [0, 0.05) is 46.8 Å². The van der Waals surface area contributed by atoms with Gasteiger partial charge in [-0.2, -0.15) is 0 Å². The molecule has 3 aromatic rings. The first kappa shape index (κ1) is 27.7. The standard InChI is InChI=1S/C29H35ClN2O4S/c1-36-23-7-8-27-26(18-23)25(11-13-31-27)28(33)9-5-20-12-14-32(19-21(20)6-10-29(34)35)15-16-37-24-4-2-3-22(30)17-24/h2-4,7-8,11,13,17-18,20-21,28,33H,5-6,9-10,12,14-16,19H2,1H3,(H,34,35)/t20-,21-,28-/m1/s1. The van der Waals surface area contributed by atoms with E-state index in [0.717, 1.165) is 65.5 Å². The van der Waals surface area contributed by atoms with Gasteiger partial charge in [0.25, 0.3) is 0 Å². The highest BCUT2D eigenvalue weighted by molar-refractivity contribution is 7.99. The number of aliphatic carboxylic acids is 1. The van der Waals surface area contributed by atoms with Crippen molar-refractivity contribution in [3.63, 3.8) is 0 Å². The molecule has 198 valence electrons. The second-order valence-electron chi connectivity index (χ2n) is 9.72.